The minimum Gasteiger partial charge on any atom is -0.490 e. The molecule has 0 spiro atoms. The van der Waals surface area contributed by atoms with E-state index in [-0.39, 0.29) is 35.4 Å². The van der Waals surface area contributed by atoms with Gasteiger partial charge in [-0.15, -0.1) is 0 Å². The van der Waals surface area contributed by atoms with Crippen molar-refractivity contribution >= 4 is 17.6 Å². The Morgan fingerprint density at radius 3 is 2.39 bits per heavy atom. The zero-order chi connectivity index (χ0) is 25.9. The lowest BCUT2D eigenvalue weighted by Gasteiger charge is -2.33. The molecule has 3 aliphatic rings. The van der Waals surface area contributed by atoms with Crippen LogP contribution in [0, 0.1) is 17.7 Å². The minimum absolute atomic E-state index is 0.0618. The molecule has 2 heterocycles. The summed E-state index contributed by atoms with van der Waals surface area (Å²) in [5, 5.41) is 9.69. The van der Waals surface area contributed by atoms with Gasteiger partial charge in [-0.25, -0.2) is 9.18 Å². The number of aliphatic hydroxyl groups is 1. The van der Waals surface area contributed by atoms with Gasteiger partial charge in [-0.3, -0.25) is 4.79 Å². The molecule has 0 bridgehead atoms. The van der Waals surface area contributed by atoms with Crippen molar-refractivity contribution in [1.29, 1.82) is 0 Å². The molecule has 0 radical (unpaired) electrons. The maximum Gasteiger partial charge on any atom is 0.410 e. The summed E-state index contributed by atoms with van der Waals surface area (Å²) in [6.07, 6.45) is 5.70. The number of rotatable bonds is 5. The summed E-state index contributed by atoms with van der Waals surface area (Å²) in [7, 11) is 0. The first kappa shape index (κ1) is 26.5. The van der Waals surface area contributed by atoms with Crippen molar-refractivity contribution < 1.29 is 28.6 Å². The maximum atomic E-state index is 14.8. The Balaban J connectivity index is 1.25. The van der Waals surface area contributed by atoms with Crippen LogP contribution in [0.25, 0.3) is 5.57 Å². The van der Waals surface area contributed by atoms with Gasteiger partial charge in [0.05, 0.1) is 12.7 Å². The monoisotopic (exact) mass is 502 g/mol. The Morgan fingerprint density at radius 1 is 1.08 bits per heavy atom. The second-order valence-electron chi connectivity index (χ2n) is 11.3. The molecule has 1 aliphatic carbocycles. The maximum absolute atomic E-state index is 14.8. The number of likely N-dealkylation sites (tertiary alicyclic amines) is 2. The fourth-order valence-corrected chi connectivity index (χ4v) is 5.15. The molecule has 198 valence electrons. The van der Waals surface area contributed by atoms with Crippen molar-refractivity contribution in [1.82, 2.24) is 9.80 Å². The first-order valence-corrected chi connectivity index (χ1v) is 13.2. The number of aliphatic hydroxyl groups excluding tert-OH is 1. The SMILES string of the molecule is CC(C)(C)OC(=O)N1CCC(COc2ccc(C3=CCC(C(=O)N4CC[C@H](O)C4)CC3)cc2F)CC1. The van der Waals surface area contributed by atoms with Crippen LogP contribution in [-0.4, -0.2) is 71.4 Å². The average molecular weight is 503 g/mol. The normalized spacial score (nSPS) is 23.4. The number of amides is 2. The van der Waals surface area contributed by atoms with Gasteiger partial charge in [0.25, 0.3) is 0 Å². The van der Waals surface area contributed by atoms with E-state index in [1.165, 1.54) is 6.07 Å². The molecule has 2 aliphatic heterocycles. The number of β-amino-alcohol motifs (C(OH)–C–C–N with tert-alkyl or cyclic N) is 1. The van der Waals surface area contributed by atoms with Crippen molar-refractivity contribution in [2.75, 3.05) is 32.8 Å². The molecule has 2 atom stereocenters. The van der Waals surface area contributed by atoms with Crippen LogP contribution in [0.4, 0.5) is 9.18 Å². The molecule has 1 aromatic carbocycles. The van der Waals surface area contributed by atoms with Gasteiger partial charge in [-0.1, -0.05) is 12.1 Å². The predicted octanol–water partition coefficient (Wildman–Crippen LogP) is 4.63. The van der Waals surface area contributed by atoms with E-state index >= 15 is 0 Å². The first-order valence-electron chi connectivity index (χ1n) is 13.2. The molecule has 2 amide bonds. The summed E-state index contributed by atoms with van der Waals surface area (Å²) in [6, 6.07) is 5.09. The van der Waals surface area contributed by atoms with Gasteiger partial charge in [-0.2, -0.15) is 0 Å². The zero-order valence-electron chi connectivity index (χ0n) is 21.7. The molecule has 2 fully saturated rings. The minimum atomic E-state index is -0.508. The van der Waals surface area contributed by atoms with Crippen molar-refractivity contribution in [3.63, 3.8) is 0 Å². The lowest BCUT2D eigenvalue weighted by atomic mass is 9.86. The topological polar surface area (TPSA) is 79.3 Å². The van der Waals surface area contributed by atoms with E-state index in [0.717, 1.165) is 36.8 Å². The summed E-state index contributed by atoms with van der Waals surface area (Å²) in [6.45, 7) is 8.27. The molecular weight excluding hydrogens is 463 g/mol. The van der Waals surface area contributed by atoms with E-state index in [4.69, 9.17) is 9.47 Å². The van der Waals surface area contributed by atoms with E-state index in [9.17, 15) is 19.1 Å². The van der Waals surface area contributed by atoms with Gasteiger partial charge in [0.15, 0.2) is 11.6 Å². The highest BCUT2D eigenvalue weighted by atomic mass is 19.1. The number of hydrogen-bond acceptors (Lipinski definition) is 5. The summed E-state index contributed by atoms with van der Waals surface area (Å²) < 4.78 is 26.1. The van der Waals surface area contributed by atoms with Gasteiger partial charge in [0, 0.05) is 32.1 Å². The lowest BCUT2D eigenvalue weighted by Crippen LogP contribution is -2.42. The molecule has 7 nitrogen and oxygen atoms in total. The van der Waals surface area contributed by atoms with Gasteiger partial charge >= 0.3 is 6.09 Å². The summed E-state index contributed by atoms with van der Waals surface area (Å²) in [4.78, 5) is 28.4. The van der Waals surface area contributed by atoms with Crippen LogP contribution in [-0.2, 0) is 9.53 Å². The molecule has 1 N–H and O–H groups in total. The van der Waals surface area contributed by atoms with Gasteiger partial charge in [0.2, 0.25) is 5.91 Å². The number of piperidine rings is 1. The van der Waals surface area contributed by atoms with Crippen LogP contribution >= 0.6 is 0 Å². The number of benzene rings is 1. The van der Waals surface area contributed by atoms with E-state index in [0.29, 0.717) is 45.6 Å². The summed E-state index contributed by atoms with van der Waals surface area (Å²) in [5.41, 5.74) is 1.37. The molecule has 1 unspecified atom stereocenters. The smallest absolute Gasteiger partial charge is 0.410 e. The van der Waals surface area contributed by atoms with Gasteiger partial charge in [0.1, 0.15) is 5.60 Å². The average Bonchev–Trinajstić information content (AvgIpc) is 3.28. The molecule has 2 saturated heterocycles. The Kier molecular flexibility index (Phi) is 8.23. The second-order valence-corrected chi connectivity index (χ2v) is 11.3. The highest BCUT2D eigenvalue weighted by Gasteiger charge is 2.31. The number of carbonyl (C=O) groups is 2. The van der Waals surface area contributed by atoms with Crippen LogP contribution in [0.3, 0.4) is 0 Å². The molecule has 1 aromatic rings. The van der Waals surface area contributed by atoms with Crippen molar-refractivity contribution in [2.24, 2.45) is 11.8 Å². The third-order valence-electron chi connectivity index (χ3n) is 7.28. The molecular formula is C28H39FN2O5. The standard InChI is InChI=1S/C28H39FN2O5/c1-28(2,3)36-27(34)30-13-10-19(11-14-30)18-35-25-9-8-22(16-24(25)29)20-4-6-21(7-5-20)26(33)31-15-12-23(32)17-31/h4,8-9,16,19,21,23,32H,5-7,10-15,17-18H2,1-3H3/t21?,23-/m0/s1. The number of hydrogen-bond donors (Lipinski definition) is 1. The van der Waals surface area contributed by atoms with E-state index in [1.54, 1.807) is 15.9 Å². The summed E-state index contributed by atoms with van der Waals surface area (Å²) in [5.74, 6) is 0.172. The van der Waals surface area contributed by atoms with Crippen molar-refractivity contribution in [2.45, 2.75) is 71.0 Å². The highest BCUT2D eigenvalue weighted by molar-refractivity contribution is 5.81. The van der Waals surface area contributed by atoms with E-state index in [2.05, 4.69) is 0 Å². The van der Waals surface area contributed by atoms with Gasteiger partial charge < -0.3 is 24.4 Å². The van der Waals surface area contributed by atoms with Crippen molar-refractivity contribution in [3.05, 3.63) is 35.7 Å². The second kappa shape index (κ2) is 11.2. The third-order valence-corrected chi connectivity index (χ3v) is 7.28. The molecule has 0 aromatic heterocycles. The number of halogens is 1. The fourth-order valence-electron chi connectivity index (χ4n) is 5.15. The first-order chi connectivity index (χ1) is 17.1. The number of allylic oxidation sites excluding steroid dienone is 2. The molecule has 0 saturated carbocycles. The number of nitrogens with zero attached hydrogens (tertiary/aromatic N) is 2. The van der Waals surface area contributed by atoms with Crippen LogP contribution < -0.4 is 4.74 Å². The van der Waals surface area contributed by atoms with Crippen LogP contribution in [0.2, 0.25) is 0 Å². The Bertz CT molecular complexity index is 981. The van der Waals surface area contributed by atoms with Crippen LogP contribution in [0.5, 0.6) is 5.75 Å². The van der Waals surface area contributed by atoms with Gasteiger partial charge in [-0.05, 0) is 88.5 Å². The Labute approximate surface area is 213 Å². The molecule has 36 heavy (non-hydrogen) atoms. The number of ether oxygens (including phenoxy) is 2. The summed E-state index contributed by atoms with van der Waals surface area (Å²) >= 11 is 0. The highest BCUT2D eigenvalue weighted by Crippen LogP contribution is 2.33. The zero-order valence-corrected chi connectivity index (χ0v) is 21.7. The quantitative estimate of drug-likeness (QED) is 0.635. The lowest BCUT2D eigenvalue weighted by molar-refractivity contribution is -0.135. The van der Waals surface area contributed by atoms with Crippen LogP contribution in [0.1, 0.15) is 64.9 Å². The van der Waals surface area contributed by atoms with Crippen molar-refractivity contribution in [3.8, 4) is 5.75 Å². The largest absolute Gasteiger partial charge is 0.490 e. The fraction of sp³-hybridized carbons (Fsp3) is 0.643. The van der Waals surface area contributed by atoms with E-state index in [1.807, 2.05) is 32.9 Å². The van der Waals surface area contributed by atoms with Crippen LogP contribution in [0.15, 0.2) is 24.3 Å². The Morgan fingerprint density at radius 2 is 1.81 bits per heavy atom. The predicted molar refractivity (Wildman–Crippen MR) is 135 cm³/mol. The molecule has 4 rings (SSSR count). The van der Waals surface area contributed by atoms with E-state index < -0.39 is 11.7 Å². The third kappa shape index (κ3) is 6.78. The Hall–Kier alpha value is -2.61. The molecule has 8 heteroatoms. The number of carbonyl (C=O) groups excluding carboxylic acids is 2.